The van der Waals surface area contributed by atoms with Gasteiger partial charge in [-0.15, -0.1) is 0 Å². The Morgan fingerprint density at radius 3 is 2.42 bits per heavy atom. The molecule has 0 saturated carbocycles. The number of aromatic nitrogens is 3. The summed E-state index contributed by atoms with van der Waals surface area (Å²) in [6.07, 6.45) is 0. The van der Waals surface area contributed by atoms with Crippen molar-refractivity contribution in [3.8, 4) is 34.0 Å². The highest BCUT2D eigenvalue weighted by Crippen LogP contribution is 2.39. The molecule has 0 unspecified atom stereocenters. The molecule has 1 fully saturated rings. The van der Waals surface area contributed by atoms with Gasteiger partial charge in [-0.3, -0.25) is 4.79 Å². The Bertz CT molecular complexity index is 1410. The average molecular weight is 567 g/mol. The molecule has 1 saturated heterocycles. The van der Waals surface area contributed by atoms with Crippen LogP contribution >= 0.6 is 46.4 Å². The van der Waals surface area contributed by atoms with E-state index in [0.717, 1.165) is 11.3 Å². The maximum absolute atomic E-state index is 11.7. The Labute approximate surface area is 226 Å². The first kappa shape index (κ1) is 24.9. The highest BCUT2D eigenvalue weighted by atomic mass is 35.5. The van der Waals surface area contributed by atoms with E-state index < -0.39 is 4.84 Å². The number of piperazine rings is 1. The molecule has 1 amide bonds. The van der Waals surface area contributed by atoms with Crippen LogP contribution in [0.3, 0.4) is 0 Å². The lowest BCUT2D eigenvalue weighted by atomic mass is 10.0. The summed E-state index contributed by atoms with van der Waals surface area (Å²) in [5.41, 5.74) is 3.57. The standard InChI is InChI=1S/C24H19Cl4N5O3/c1-13(34)32-7-9-33(10-8-32)19-4-2-3-16(25)21(19)18-12-20(35-30-18)14-5-6-15(17(26)11-14)23-29-24(22(27)28)36-31-23/h2-6,11-12,22H,7-10H2,1H3. The first-order valence-electron chi connectivity index (χ1n) is 11.0. The van der Waals surface area contributed by atoms with Crippen LogP contribution in [0.4, 0.5) is 5.69 Å². The van der Waals surface area contributed by atoms with Gasteiger partial charge in [0, 0.05) is 61.5 Å². The van der Waals surface area contributed by atoms with Gasteiger partial charge in [0.1, 0.15) is 5.69 Å². The molecule has 1 aliphatic heterocycles. The van der Waals surface area contributed by atoms with Gasteiger partial charge in [0.05, 0.1) is 10.0 Å². The molecule has 0 atom stereocenters. The molecule has 8 nitrogen and oxygen atoms in total. The molecule has 0 spiro atoms. The molecule has 0 aliphatic carbocycles. The van der Waals surface area contributed by atoms with Crippen LogP contribution < -0.4 is 4.90 Å². The third-order valence-electron chi connectivity index (χ3n) is 5.95. The van der Waals surface area contributed by atoms with Crippen LogP contribution in [0.2, 0.25) is 10.0 Å². The van der Waals surface area contributed by atoms with Crippen molar-refractivity contribution in [2.45, 2.75) is 11.8 Å². The number of alkyl halides is 2. The van der Waals surface area contributed by atoms with Gasteiger partial charge in [-0.1, -0.05) is 68.8 Å². The minimum Gasteiger partial charge on any atom is -0.367 e. The zero-order valence-electron chi connectivity index (χ0n) is 18.9. The first-order valence-corrected chi connectivity index (χ1v) is 12.6. The monoisotopic (exact) mass is 565 g/mol. The van der Waals surface area contributed by atoms with Crippen LogP contribution in [0, 0.1) is 0 Å². The van der Waals surface area contributed by atoms with E-state index >= 15 is 0 Å². The molecule has 2 aromatic heterocycles. The second-order valence-corrected chi connectivity index (χ2v) is 10.1. The number of halogens is 4. The maximum Gasteiger partial charge on any atom is 0.260 e. The first-order chi connectivity index (χ1) is 17.3. The van der Waals surface area contributed by atoms with Crippen molar-refractivity contribution in [3.05, 3.63) is 58.4 Å². The number of nitrogens with zero attached hydrogens (tertiary/aromatic N) is 5. The number of amides is 1. The maximum atomic E-state index is 11.7. The van der Waals surface area contributed by atoms with E-state index in [9.17, 15) is 4.79 Å². The summed E-state index contributed by atoms with van der Waals surface area (Å²) in [7, 11) is 0. The number of carbonyl (C=O) groups excluding carboxylic acids is 1. The molecule has 5 rings (SSSR count). The normalized spacial score (nSPS) is 14.1. The summed E-state index contributed by atoms with van der Waals surface area (Å²) >= 11 is 24.7. The fourth-order valence-corrected chi connectivity index (χ4v) is 4.81. The minimum atomic E-state index is -0.926. The van der Waals surface area contributed by atoms with Crippen LogP contribution in [0.15, 0.2) is 51.5 Å². The number of hydrogen-bond acceptors (Lipinski definition) is 7. The van der Waals surface area contributed by atoms with E-state index in [0.29, 0.717) is 58.8 Å². The van der Waals surface area contributed by atoms with E-state index in [2.05, 4.69) is 20.2 Å². The van der Waals surface area contributed by atoms with E-state index in [1.807, 2.05) is 35.2 Å². The molecular weight excluding hydrogens is 548 g/mol. The van der Waals surface area contributed by atoms with Crippen molar-refractivity contribution in [2.75, 3.05) is 31.1 Å². The van der Waals surface area contributed by atoms with Crippen LogP contribution in [0.1, 0.15) is 17.7 Å². The third kappa shape index (κ3) is 4.91. The van der Waals surface area contributed by atoms with Gasteiger partial charge in [0.15, 0.2) is 10.6 Å². The average Bonchev–Trinajstić information content (AvgIpc) is 3.54. The van der Waals surface area contributed by atoms with E-state index in [1.165, 1.54) is 0 Å². The zero-order chi connectivity index (χ0) is 25.4. The van der Waals surface area contributed by atoms with Gasteiger partial charge >= 0.3 is 0 Å². The third-order valence-corrected chi connectivity index (χ3v) is 6.95. The van der Waals surface area contributed by atoms with Crippen LogP contribution in [0.25, 0.3) is 34.0 Å². The topological polar surface area (TPSA) is 88.5 Å². The number of rotatable bonds is 5. The summed E-state index contributed by atoms with van der Waals surface area (Å²) in [6, 6.07) is 12.8. The zero-order valence-corrected chi connectivity index (χ0v) is 21.9. The molecule has 12 heteroatoms. The Morgan fingerprint density at radius 1 is 0.972 bits per heavy atom. The second-order valence-electron chi connectivity index (χ2n) is 8.16. The van der Waals surface area contributed by atoms with Crippen molar-refractivity contribution < 1.29 is 13.8 Å². The van der Waals surface area contributed by atoms with Gasteiger partial charge in [-0.05, 0) is 24.3 Å². The number of anilines is 1. The Balaban J connectivity index is 1.43. The molecule has 3 heterocycles. The summed E-state index contributed by atoms with van der Waals surface area (Å²) in [4.78, 5) is 19.0. The molecule has 4 aromatic rings. The summed E-state index contributed by atoms with van der Waals surface area (Å²) in [5.74, 6) is 0.957. The summed E-state index contributed by atoms with van der Waals surface area (Å²) in [5, 5.41) is 9.11. The van der Waals surface area contributed by atoms with Crippen molar-refractivity contribution >= 4 is 58.0 Å². The molecular formula is C24H19Cl4N5O3. The van der Waals surface area contributed by atoms with Crippen molar-refractivity contribution in [1.82, 2.24) is 20.2 Å². The molecule has 0 bridgehead atoms. The second kappa shape index (κ2) is 10.3. The Kier molecular flexibility index (Phi) is 7.12. The van der Waals surface area contributed by atoms with Crippen molar-refractivity contribution in [2.24, 2.45) is 0 Å². The van der Waals surface area contributed by atoms with Gasteiger partial charge in [-0.25, -0.2) is 0 Å². The van der Waals surface area contributed by atoms with E-state index in [4.69, 9.17) is 55.4 Å². The van der Waals surface area contributed by atoms with Crippen LogP contribution in [0.5, 0.6) is 0 Å². The summed E-state index contributed by atoms with van der Waals surface area (Å²) < 4.78 is 10.7. The highest BCUT2D eigenvalue weighted by Gasteiger charge is 2.24. The molecule has 0 radical (unpaired) electrons. The predicted molar refractivity (Wildman–Crippen MR) is 140 cm³/mol. The van der Waals surface area contributed by atoms with Crippen molar-refractivity contribution in [1.29, 1.82) is 0 Å². The van der Waals surface area contributed by atoms with Gasteiger partial charge < -0.3 is 18.8 Å². The molecule has 0 N–H and O–H groups in total. The van der Waals surface area contributed by atoms with Crippen LogP contribution in [-0.2, 0) is 4.79 Å². The smallest absolute Gasteiger partial charge is 0.260 e. The Hall–Kier alpha value is -2.78. The highest BCUT2D eigenvalue weighted by molar-refractivity contribution is 6.43. The largest absolute Gasteiger partial charge is 0.367 e. The van der Waals surface area contributed by atoms with Gasteiger partial charge in [-0.2, -0.15) is 4.98 Å². The fraction of sp³-hybridized carbons (Fsp3) is 0.250. The lowest BCUT2D eigenvalue weighted by Crippen LogP contribution is -2.48. The summed E-state index contributed by atoms with van der Waals surface area (Å²) in [6.45, 7) is 4.27. The lowest BCUT2D eigenvalue weighted by Gasteiger charge is -2.36. The van der Waals surface area contributed by atoms with Gasteiger partial charge in [0.2, 0.25) is 11.7 Å². The fourth-order valence-electron chi connectivity index (χ4n) is 4.10. The molecule has 2 aromatic carbocycles. The minimum absolute atomic E-state index is 0.0776. The number of hydrogen-bond donors (Lipinski definition) is 0. The SMILES string of the molecule is CC(=O)N1CCN(c2cccc(Cl)c2-c2cc(-c3ccc(-c4noc(C(Cl)Cl)n4)c(Cl)c3)on2)CC1. The molecule has 36 heavy (non-hydrogen) atoms. The molecule has 186 valence electrons. The predicted octanol–water partition coefficient (Wildman–Crippen LogP) is 6.51. The van der Waals surface area contributed by atoms with Crippen molar-refractivity contribution in [3.63, 3.8) is 0 Å². The van der Waals surface area contributed by atoms with E-state index in [-0.39, 0.29) is 17.6 Å². The van der Waals surface area contributed by atoms with Gasteiger partial charge in [0.25, 0.3) is 5.89 Å². The lowest BCUT2D eigenvalue weighted by molar-refractivity contribution is -0.129. The van der Waals surface area contributed by atoms with Crippen LogP contribution in [-0.4, -0.2) is 52.3 Å². The molecule has 1 aliphatic rings. The number of carbonyl (C=O) groups is 1. The quantitative estimate of drug-likeness (QED) is 0.254. The van der Waals surface area contributed by atoms with E-state index in [1.54, 1.807) is 19.1 Å². The Morgan fingerprint density at radius 2 is 1.75 bits per heavy atom. The number of benzene rings is 2.